The lowest BCUT2D eigenvalue weighted by Gasteiger charge is -2.17. The van der Waals surface area contributed by atoms with Crippen LogP contribution in [0.5, 0.6) is 63.2 Å². The van der Waals surface area contributed by atoms with Gasteiger partial charge in [-0.25, -0.2) is 0 Å². The Hall–Kier alpha value is -12.5. The lowest BCUT2D eigenvalue weighted by Crippen LogP contribution is -2.00. The second kappa shape index (κ2) is 90.8. The van der Waals surface area contributed by atoms with Crippen LogP contribution in [0.4, 0.5) is 0 Å². The maximum absolute atomic E-state index is 5.72. The standard InChI is InChI=1S/C25H24O4.C16H20O.C14H16O.2C11H10O.3C8H10O.3C3H6O.3C3H8.C2H6.13CH4/c1-26-18-9-5-16-7-11-24(28-3)22(20(16)13-18)15-23-21-14-19(27-2)10-6-17(21)8-12-25(23)29-4;1-3-4-5-8-13-9-6-11-15-14(13)10-7-12-16(15)17-2;1-4-11-9-14(15-3)10(2)12-7-5-6-8-13(11)12;2*1-12-11-8-4-6-9-5-2-3-7-10(9)11;2*1-7-3-5-8(9-2)6-4-7;1-7-5-3-4-6-8(7)9-2;3*1-3-2-4-3;3*1-3-2;1-2;;;;;;;;;;;;;/h5-14H,15H2,1-4H3;6-7,9-12H,3-5,8H2,1-2H3;5-9H,4H2,1-3H3;2*2-8H,1H3;3*3-6H,1-2H3;3*3H,2H2,1H3;3*3H2,1-2H3;1-2H3;13*1H4. The first-order chi connectivity index (χ1) is 65.6. The molecule has 3 unspecified atom stereocenters. The minimum absolute atomic E-state index is 0. The van der Waals surface area contributed by atoms with E-state index in [0.717, 1.165) is 122 Å². The monoisotopic (exact) mass is 2040 g/mol. The van der Waals surface area contributed by atoms with Crippen LogP contribution in [-0.2, 0) is 33.5 Å². The third-order valence-corrected chi connectivity index (χ3v) is 20.8. The molecule has 3 aliphatic rings. The first kappa shape index (κ1) is 156. The molecule has 3 fully saturated rings. The summed E-state index contributed by atoms with van der Waals surface area (Å²) in [5.41, 5.74) is 9.91. The van der Waals surface area contributed by atoms with Crippen molar-refractivity contribution in [3.05, 3.63) is 330 Å². The summed E-state index contributed by atoms with van der Waals surface area (Å²) in [6.45, 7) is 38.5. The minimum atomic E-state index is 0. The van der Waals surface area contributed by atoms with E-state index in [9.17, 15) is 0 Å². The van der Waals surface area contributed by atoms with Crippen LogP contribution < -0.4 is 52.1 Å². The molecule has 0 aromatic heterocycles. The molecule has 3 atom stereocenters. The minimum Gasteiger partial charge on any atom is -0.497 e. The molecular weight excluding hydrogens is 1830 g/mol. The van der Waals surface area contributed by atoms with Crippen molar-refractivity contribution < 1.29 is 66.3 Å². The molecule has 15 aromatic rings. The Kier molecular flexibility index (Phi) is 95.5. The second-order valence-electron chi connectivity index (χ2n) is 32.0. The zero-order chi connectivity index (χ0) is 99.2. The van der Waals surface area contributed by atoms with E-state index < -0.39 is 0 Å². The highest BCUT2D eigenvalue weighted by atomic mass is 16.6. The third-order valence-electron chi connectivity index (χ3n) is 20.8. The quantitative estimate of drug-likeness (QED) is 0.0595. The highest BCUT2D eigenvalue weighted by Gasteiger charge is 2.19. The summed E-state index contributed by atoms with van der Waals surface area (Å²) in [6, 6.07) is 96.2. The van der Waals surface area contributed by atoms with Crippen molar-refractivity contribution in [2.75, 3.05) is 98.0 Å². The molecule has 18 rings (SSSR count). The molecular formula is C134H210O14. The SMILES string of the molecule is C.C.C.C.C.C.C.C.C.C.C.C.C.CC.CC1CO1.CC1CO1.CC1CO1.CCC.CCC.CCC.CCCCCc1cccc2c(OC)cccc12.CCc1cc(OC)c(C)c2ccccc12.COc1ccc(C)cc1.COc1ccc(C)cc1.COc1ccc2ccc(OC)c(Cc3c(OC)ccc4ccc(OC)cc34)c2c1.COc1cccc2ccccc12.COc1cccc2ccccc12.COc1ccccc1C. The zero-order valence-corrected chi connectivity index (χ0v) is 86.6. The van der Waals surface area contributed by atoms with E-state index in [1.807, 2.05) is 172 Å². The van der Waals surface area contributed by atoms with Gasteiger partial charge in [-0.15, -0.1) is 0 Å². The number of unbranched alkanes of at least 4 members (excludes halogenated alkanes) is 2. The number of hydrogen-bond donors (Lipinski definition) is 0. The summed E-state index contributed by atoms with van der Waals surface area (Å²) in [4.78, 5) is 0. The first-order valence-corrected chi connectivity index (χ1v) is 47.6. The van der Waals surface area contributed by atoms with Gasteiger partial charge in [-0.05, 0) is 229 Å². The van der Waals surface area contributed by atoms with Crippen LogP contribution >= 0.6 is 0 Å². The van der Waals surface area contributed by atoms with Gasteiger partial charge in [0.15, 0.2) is 0 Å². The summed E-state index contributed by atoms with van der Waals surface area (Å²) in [5.74, 6) is 9.95. The Morgan fingerprint density at radius 1 is 0.243 bits per heavy atom. The highest BCUT2D eigenvalue weighted by molar-refractivity contribution is 5.95. The van der Waals surface area contributed by atoms with Crippen LogP contribution in [0.15, 0.2) is 285 Å². The number of aryl methyl sites for hydroxylation is 6. The van der Waals surface area contributed by atoms with Crippen LogP contribution in [0.25, 0.3) is 64.6 Å². The van der Waals surface area contributed by atoms with Gasteiger partial charge in [0.1, 0.15) is 63.2 Å². The number of fused-ring (bicyclic) bond motifs is 6. The van der Waals surface area contributed by atoms with Crippen LogP contribution in [0, 0.1) is 27.7 Å². The number of rotatable bonds is 18. The van der Waals surface area contributed by atoms with E-state index in [2.05, 4.69) is 230 Å². The number of ether oxygens (including phenoxy) is 14. The number of methoxy groups -OCH3 is 11. The van der Waals surface area contributed by atoms with E-state index in [0.29, 0.717) is 24.7 Å². The van der Waals surface area contributed by atoms with Crippen molar-refractivity contribution >= 4 is 64.6 Å². The summed E-state index contributed by atoms with van der Waals surface area (Å²) < 4.78 is 72.7. The Balaban J connectivity index is -0.000000180. The van der Waals surface area contributed by atoms with Gasteiger partial charge in [0.2, 0.25) is 0 Å². The van der Waals surface area contributed by atoms with E-state index in [-0.39, 0.29) is 96.5 Å². The second-order valence-corrected chi connectivity index (χ2v) is 32.0. The van der Waals surface area contributed by atoms with Crippen molar-refractivity contribution in [2.45, 2.75) is 290 Å². The fourth-order valence-corrected chi connectivity index (χ4v) is 13.4. The molecule has 0 radical (unpaired) electrons. The topological polar surface area (TPSA) is 139 Å². The van der Waals surface area contributed by atoms with E-state index >= 15 is 0 Å². The first-order valence-electron chi connectivity index (χ1n) is 47.6. The predicted molar refractivity (Wildman–Crippen MR) is 662 cm³/mol. The molecule has 14 nitrogen and oxygen atoms in total. The highest BCUT2D eigenvalue weighted by Crippen LogP contribution is 2.39. The lowest BCUT2D eigenvalue weighted by atomic mass is 9.93. The van der Waals surface area contributed by atoms with Crippen LogP contribution in [0.2, 0.25) is 0 Å². The van der Waals surface area contributed by atoms with E-state index in [1.54, 1.807) is 78.2 Å². The number of para-hydroxylation sites is 1. The molecule has 0 spiro atoms. The molecule has 0 aliphatic carbocycles. The van der Waals surface area contributed by atoms with Crippen molar-refractivity contribution in [1.29, 1.82) is 0 Å². The van der Waals surface area contributed by atoms with Gasteiger partial charge in [-0.2, -0.15) is 0 Å². The van der Waals surface area contributed by atoms with Crippen molar-refractivity contribution in [1.82, 2.24) is 0 Å². The maximum Gasteiger partial charge on any atom is 0.126 e. The molecule has 3 saturated heterocycles. The number of epoxide rings is 3. The average Bonchev–Trinajstić information content (AvgIpc) is 1.06. The maximum atomic E-state index is 5.72. The Morgan fingerprint density at radius 2 is 0.514 bits per heavy atom. The molecule has 14 heteroatoms. The summed E-state index contributed by atoms with van der Waals surface area (Å²) in [5, 5.41) is 14.5. The van der Waals surface area contributed by atoms with Gasteiger partial charge in [-0.1, -0.05) is 403 Å². The summed E-state index contributed by atoms with van der Waals surface area (Å²) in [7, 11) is 18.7. The lowest BCUT2D eigenvalue weighted by molar-refractivity contribution is 0.406. The van der Waals surface area contributed by atoms with Gasteiger partial charge >= 0.3 is 0 Å². The average molecular weight is 2050 g/mol. The molecule has 148 heavy (non-hydrogen) atoms. The smallest absolute Gasteiger partial charge is 0.126 e. The van der Waals surface area contributed by atoms with Crippen molar-refractivity contribution in [3.8, 4) is 63.2 Å². The molecule has 15 aromatic carbocycles. The molecule has 3 heterocycles. The van der Waals surface area contributed by atoms with Crippen LogP contribution in [0.1, 0.15) is 270 Å². The molecule has 0 bridgehead atoms. The Bertz CT molecular complexity index is 5470. The summed E-state index contributed by atoms with van der Waals surface area (Å²) in [6.07, 6.45) is 12.2. The summed E-state index contributed by atoms with van der Waals surface area (Å²) >= 11 is 0. The fourth-order valence-electron chi connectivity index (χ4n) is 13.4. The number of benzene rings is 15. The molecule has 830 valence electrons. The van der Waals surface area contributed by atoms with Crippen molar-refractivity contribution in [2.24, 2.45) is 0 Å². The van der Waals surface area contributed by atoms with Gasteiger partial charge in [0.25, 0.3) is 0 Å². The molecule has 0 saturated carbocycles. The van der Waals surface area contributed by atoms with E-state index in [4.69, 9.17) is 66.3 Å². The van der Waals surface area contributed by atoms with Gasteiger partial charge in [-0.3, -0.25) is 0 Å². The largest absolute Gasteiger partial charge is 0.497 e. The Labute approximate surface area is 906 Å². The van der Waals surface area contributed by atoms with Gasteiger partial charge in [0.05, 0.1) is 116 Å². The normalized spacial score (nSPS) is 11.4. The van der Waals surface area contributed by atoms with Crippen molar-refractivity contribution in [3.63, 3.8) is 0 Å². The molecule has 0 N–H and O–H groups in total. The third kappa shape index (κ3) is 55.5. The molecule has 3 aliphatic heterocycles. The molecule has 0 amide bonds. The van der Waals surface area contributed by atoms with Gasteiger partial charge in [0, 0.05) is 33.7 Å². The van der Waals surface area contributed by atoms with Crippen LogP contribution in [-0.4, -0.2) is 116 Å². The number of hydrogen-bond acceptors (Lipinski definition) is 14. The predicted octanol–water partition coefficient (Wildman–Crippen LogP) is 40.4. The van der Waals surface area contributed by atoms with Crippen LogP contribution in [0.3, 0.4) is 0 Å². The Morgan fingerprint density at radius 3 is 0.845 bits per heavy atom. The van der Waals surface area contributed by atoms with E-state index in [1.165, 1.54) is 121 Å². The van der Waals surface area contributed by atoms with Gasteiger partial charge < -0.3 is 66.3 Å². The fraction of sp³-hybridized carbons (Fsp3) is 0.418. The zero-order valence-electron chi connectivity index (χ0n) is 86.6.